The molecule has 0 fully saturated rings. The van der Waals surface area contributed by atoms with Crippen molar-refractivity contribution in [3.05, 3.63) is 33.9 Å². The van der Waals surface area contributed by atoms with E-state index in [1.165, 1.54) is 89.9 Å². The van der Waals surface area contributed by atoms with Gasteiger partial charge in [-0.1, -0.05) is 143 Å². The van der Waals surface area contributed by atoms with E-state index in [1.807, 2.05) is 0 Å². The average molecular weight is 559 g/mol. The van der Waals surface area contributed by atoms with Gasteiger partial charge in [-0.15, -0.1) is 0 Å². The number of aryl methyl sites for hydroxylation is 1. The normalized spacial score (nSPS) is 11.3. The van der Waals surface area contributed by atoms with E-state index in [9.17, 15) is 19.8 Å². The van der Waals surface area contributed by atoms with E-state index in [0.717, 1.165) is 68.1 Å². The van der Waals surface area contributed by atoms with Crippen LogP contribution in [-0.2, 0) is 19.3 Å². The van der Waals surface area contributed by atoms with Crippen LogP contribution in [0, 0.1) is 0 Å². The maximum atomic E-state index is 12.6. The van der Waals surface area contributed by atoms with Gasteiger partial charge in [-0.3, -0.25) is 0 Å². The molecule has 0 spiro atoms. The molecule has 4 heteroatoms. The number of carboxylic acids is 2. The number of carbonyl (C=O) groups is 2. The van der Waals surface area contributed by atoms with Crippen LogP contribution in [0.3, 0.4) is 0 Å². The lowest BCUT2D eigenvalue weighted by atomic mass is 9.84. The molecule has 0 aliphatic heterocycles. The average Bonchev–Trinajstić information content (AvgIpc) is 2.93. The first-order chi connectivity index (χ1) is 19.5. The van der Waals surface area contributed by atoms with Crippen molar-refractivity contribution in [1.82, 2.24) is 0 Å². The zero-order valence-electron chi connectivity index (χ0n) is 26.5. The van der Waals surface area contributed by atoms with Gasteiger partial charge < -0.3 is 10.2 Å². The Hall–Kier alpha value is -1.84. The summed E-state index contributed by atoms with van der Waals surface area (Å²) in [5, 5.41) is 20.5. The van der Waals surface area contributed by atoms with Crippen molar-refractivity contribution < 1.29 is 19.8 Å². The first-order valence-corrected chi connectivity index (χ1v) is 17.1. The second-order valence-electron chi connectivity index (χ2n) is 12.0. The van der Waals surface area contributed by atoms with Crippen molar-refractivity contribution in [3.8, 4) is 0 Å². The second kappa shape index (κ2) is 23.8. The van der Waals surface area contributed by atoms with Crippen molar-refractivity contribution in [2.75, 3.05) is 0 Å². The monoisotopic (exact) mass is 558 g/mol. The molecule has 0 atom stereocenters. The predicted octanol–water partition coefficient (Wildman–Crippen LogP) is 11.4. The number of hydrogen-bond donors (Lipinski definition) is 2. The van der Waals surface area contributed by atoms with E-state index in [4.69, 9.17) is 0 Å². The number of aromatic carboxylic acids is 2. The first-order valence-electron chi connectivity index (χ1n) is 17.1. The smallest absolute Gasteiger partial charge is 0.336 e. The lowest BCUT2D eigenvalue weighted by Gasteiger charge is -2.20. The van der Waals surface area contributed by atoms with Gasteiger partial charge in [-0.05, 0) is 61.3 Å². The van der Waals surface area contributed by atoms with Gasteiger partial charge in [0.1, 0.15) is 0 Å². The number of benzene rings is 1. The molecule has 40 heavy (non-hydrogen) atoms. The standard InChI is InChI=1S/C36H62O4/c1-4-7-10-13-16-17-18-19-22-24-27-31-32(28-25-21-15-12-9-6-3)34(36(39)40)30(29-33(31)35(37)38)26-23-20-14-11-8-5-2/h29H,4-28H2,1-3H3,(H,37,38)(H,39,40). The highest BCUT2D eigenvalue weighted by Gasteiger charge is 2.24. The quantitative estimate of drug-likeness (QED) is 0.105. The highest BCUT2D eigenvalue weighted by molar-refractivity contribution is 5.96. The molecule has 0 aliphatic rings. The summed E-state index contributed by atoms with van der Waals surface area (Å²) in [5.74, 6) is -1.80. The molecule has 4 nitrogen and oxygen atoms in total. The zero-order valence-corrected chi connectivity index (χ0v) is 26.5. The van der Waals surface area contributed by atoms with Crippen molar-refractivity contribution in [2.45, 2.75) is 181 Å². The Morgan fingerprint density at radius 1 is 0.475 bits per heavy atom. The molecule has 0 aromatic heterocycles. The Morgan fingerprint density at radius 2 is 0.825 bits per heavy atom. The molecule has 1 aromatic carbocycles. The molecule has 1 rings (SSSR count). The molecular formula is C36H62O4. The van der Waals surface area contributed by atoms with Crippen LogP contribution >= 0.6 is 0 Å². The number of rotatable bonds is 27. The van der Waals surface area contributed by atoms with E-state index in [1.54, 1.807) is 6.07 Å². The molecule has 2 N–H and O–H groups in total. The summed E-state index contributed by atoms with van der Waals surface area (Å²) in [5.41, 5.74) is 3.11. The van der Waals surface area contributed by atoms with Crippen molar-refractivity contribution in [1.29, 1.82) is 0 Å². The summed E-state index contributed by atoms with van der Waals surface area (Å²) >= 11 is 0. The minimum atomic E-state index is -0.910. The van der Waals surface area contributed by atoms with Gasteiger partial charge in [0.25, 0.3) is 0 Å². The minimum Gasteiger partial charge on any atom is -0.478 e. The topological polar surface area (TPSA) is 74.6 Å². The Bertz CT molecular complexity index is 814. The Balaban J connectivity index is 2.99. The van der Waals surface area contributed by atoms with Crippen LogP contribution in [0.5, 0.6) is 0 Å². The SMILES string of the molecule is CCCCCCCCCCCCc1c(C(=O)O)cc(CCCCCCCC)c(C(=O)O)c1CCCCCCCC. The minimum absolute atomic E-state index is 0.350. The van der Waals surface area contributed by atoms with Gasteiger partial charge in [0.2, 0.25) is 0 Å². The summed E-state index contributed by atoms with van der Waals surface area (Å²) in [6.07, 6.45) is 27.9. The fraction of sp³-hybridized carbons (Fsp3) is 0.778. The predicted molar refractivity (Wildman–Crippen MR) is 170 cm³/mol. The number of carboxylic acid groups (broad SMARTS) is 2. The van der Waals surface area contributed by atoms with E-state index < -0.39 is 11.9 Å². The van der Waals surface area contributed by atoms with Crippen LogP contribution in [-0.4, -0.2) is 22.2 Å². The molecule has 0 bridgehead atoms. The summed E-state index contributed by atoms with van der Waals surface area (Å²) in [4.78, 5) is 25.1. The summed E-state index contributed by atoms with van der Waals surface area (Å²) < 4.78 is 0. The van der Waals surface area contributed by atoms with Gasteiger partial charge >= 0.3 is 11.9 Å². The highest BCUT2D eigenvalue weighted by atomic mass is 16.4. The van der Waals surface area contributed by atoms with Crippen molar-refractivity contribution >= 4 is 11.9 Å². The lowest BCUT2D eigenvalue weighted by Crippen LogP contribution is -2.16. The van der Waals surface area contributed by atoms with Gasteiger partial charge in [0.05, 0.1) is 11.1 Å². The maximum Gasteiger partial charge on any atom is 0.336 e. The fourth-order valence-corrected chi connectivity index (χ4v) is 6.02. The highest BCUT2D eigenvalue weighted by Crippen LogP contribution is 2.30. The van der Waals surface area contributed by atoms with Crippen LogP contribution in [0.4, 0.5) is 0 Å². The van der Waals surface area contributed by atoms with Gasteiger partial charge in [-0.25, -0.2) is 9.59 Å². The molecule has 1 aromatic rings. The number of unbranched alkanes of at least 4 members (excludes halogenated alkanes) is 19. The number of hydrogen-bond acceptors (Lipinski definition) is 2. The largest absolute Gasteiger partial charge is 0.478 e. The van der Waals surface area contributed by atoms with Crippen LogP contribution in [0.15, 0.2) is 6.07 Å². The molecule has 0 heterocycles. The molecule has 0 aliphatic carbocycles. The van der Waals surface area contributed by atoms with Gasteiger partial charge in [0, 0.05) is 0 Å². The van der Waals surface area contributed by atoms with Crippen molar-refractivity contribution in [3.63, 3.8) is 0 Å². The maximum absolute atomic E-state index is 12.6. The zero-order chi connectivity index (χ0) is 29.4. The second-order valence-corrected chi connectivity index (χ2v) is 12.0. The van der Waals surface area contributed by atoms with E-state index >= 15 is 0 Å². The summed E-state index contributed by atoms with van der Waals surface area (Å²) in [6, 6.07) is 1.72. The van der Waals surface area contributed by atoms with Gasteiger partial charge in [-0.2, -0.15) is 0 Å². The van der Waals surface area contributed by atoms with Crippen LogP contribution in [0.25, 0.3) is 0 Å². The fourth-order valence-electron chi connectivity index (χ4n) is 6.02. The van der Waals surface area contributed by atoms with Gasteiger partial charge in [0.15, 0.2) is 0 Å². The lowest BCUT2D eigenvalue weighted by molar-refractivity contribution is 0.0677. The van der Waals surface area contributed by atoms with Crippen LogP contribution < -0.4 is 0 Å². The van der Waals surface area contributed by atoms with E-state index in [-0.39, 0.29) is 0 Å². The molecule has 0 radical (unpaired) electrons. The Labute approximate surface area is 246 Å². The first kappa shape index (κ1) is 36.2. The van der Waals surface area contributed by atoms with Crippen molar-refractivity contribution in [2.24, 2.45) is 0 Å². The van der Waals surface area contributed by atoms with E-state index in [0.29, 0.717) is 30.4 Å². The summed E-state index contributed by atoms with van der Waals surface area (Å²) in [6.45, 7) is 6.66. The van der Waals surface area contributed by atoms with Crippen LogP contribution in [0.1, 0.15) is 199 Å². The Morgan fingerprint density at radius 3 is 1.20 bits per heavy atom. The third-order valence-electron chi connectivity index (χ3n) is 8.44. The molecule has 230 valence electrons. The van der Waals surface area contributed by atoms with E-state index in [2.05, 4.69) is 20.8 Å². The molecule has 0 saturated heterocycles. The molecular weight excluding hydrogens is 496 g/mol. The molecule has 0 amide bonds. The Kier molecular flexibility index (Phi) is 21.6. The third-order valence-corrected chi connectivity index (χ3v) is 8.44. The molecule has 0 saturated carbocycles. The van der Waals surface area contributed by atoms with Crippen LogP contribution in [0.2, 0.25) is 0 Å². The molecule has 0 unspecified atom stereocenters. The third kappa shape index (κ3) is 15.2. The summed E-state index contributed by atoms with van der Waals surface area (Å²) in [7, 11) is 0.